The number of hydrogen-bond donors (Lipinski definition) is 0. The van der Waals surface area contributed by atoms with Gasteiger partial charge >= 0.3 is 0 Å². The fourth-order valence-electron chi connectivity index (χ4n) is 0.684. The summed E-state index contributed by atoms with van der Waals surface area (Å²) in [7, 11) is 0. The summed E-state index contributed by atoms with van der Waals surface area (Å²) in [6, 6.07) is 0. The van der Waals surface area contributed by atoms with Crippen LogP contribution >= 0.6 is 22.6 Å². The topological polar surface area (TPSA) is 0 Å². The number of alkyl halides is 1. The van der Waals surface area contributed by atoms with Gasteiger partial charge in [0.15, 0.2) is 0 Å². The highest BCUT2D eigenvalue weighted by molar-refractivity contribution is 14.1. The molecule has 0 saturated heterocycles. The average molecular weight is 206 g/mol. The second kappa shape index (κ2) is 2.01. The summed E-state index contributed by atoms with van der Waals surface area (Å²) in [4.78, 5) is 0. The minimum absolute atomic E-state index is 1.16. The zero-order valence-electron chi connectivity index (χ0n) is 4.29. The summed E-state index contributed by atoms with van der Waals surface area (Å²) in [5.74, 6) is 0. The first-order valence-electron chi connectivity index (χ1n) is 2.33. The van der Waals surface area contributed by atoms with Gasteiger partial charge < -0.3 is 0 Å². The fraction of sp³-hybridized carbons (Fsp3) is 0.500. The van der Waals surface area contributed by atoms with Crippen molar-refractivity contribution in [2.75, 3.05) is 4.43 Å². The van der Waals surface area contributed by atoms with Crippen LogP contribution in [0, 0.1) is 0 Å². The van der Waals surface area contributed by atoms with Gasteiger partial charge in [-0.15, -0.1) is 5.73 Å². The van der Waals surface area contributed by atoms with Crippen LogP contribution in [0.15, 0.2) is 16.9 Å². The Hall–Kier alpha value is 0.250. The number of hydrogen-bond acceptors (Lipinski definition) is 0. The third kappa shape index (κ3) is 1.07. The van der Waals surface area contributed by atoms with Crippen molar-refractivity contribution in [2.45, 2.75) is 13.3 Å². The van der Waals surface area contributed by atoms with Crippen LogP contribution in [0.1, 0.15) is 13.3 Å². The van der Waals surface area contributed by atoms with Crippen LogP contribution in [0.4, 0.5) is 0 Å². The number of halogens is 1. The molecule has 0 radical (unpaired) electrons. The fourth-order valence-corrected chi connectivity index (χ4v) is 1.14. The number of allylic oxidation sites excluding steroid dienone is 1. The summed E-state index contributed by atoms with van der Waals surface area (Å²) in [5.41, 5.74) is 6.10. The molecule has 0 fully saturated rings. The maximum Gasteiger partial charge on any atom is 0.0285 e. The molecule has 0 nitrogen and oxygen atoms in total. The molecular weight excluding hydrogens is 199 g/mol. The molecule has 0 aliphatic heterocycles. The van der Waals surface area contributed by atoms with Crippen molar-refractivity contribution in [3.63, 3.8) is 0 Å². The lowest BCUT2D eigenvalue weighted by Crippen LogP contribution is -1.92. The Labute approximate surface area is 57.4 Å². The Bertz CT molecular complexity index is 134. The molecule has 0 heterocycles. The van der Waals surface area contributed by atoms with Crippen LogP contribution in [0.2, 0.25) is 0 Å². The van der Waals surface area contributed by atoms with Gasteiger partial charge in [-0.25, -0.2) is 0 Å². The van der Waals surface area contributed by atoms with Crippen molar-refractivity contribution in [1.82, 2.24) is 0 Å². The predicted molar refractivity (Wildman–Crippen MR) is 39.7 cm³/mol. The smallest absolute Gasteiger partial charge is 0.0285 e. The molecule has 38 valence electrons. The van der Waals surface area contributed by atoms with Crippen molar-refractivity contribution < 1.29 is 0 Å². The van der Waals surface area contributed by atoms with Gasteiger partial charge in [0.05, 0.1) is 0 Å². The highest BCUT2D eigenvalue weighted by atomic mass is 127. The highest BCUT2D eigenvalue weighted by Gasteiger charge is 2.02. The zero-order valence-corrected chi connectivity index (χ0v) is 6.45. The SMILES string of the molecule is CC1=C=C(CI)C1. The van der Waals surface area contributed by atoms with Gasteiger partial charge in [-0.05, 0) is 18.1 Å². The Morgan fingerprint density at radius 1 is 1.86 bits per heavy atom. The van der Waals surface area contributed by atoms with E-state index in [1.807, 2.05) is 0 Å². The van der Waals surface area contributed by atoms with E-state index >= 15 is 0 Å². The maximum absolute atomic E-state index is 3.22. The summed E-state index contributed by atoms with van der Waals surface area (Å²) in [5, 5.41) is 0. The molecule has 0 N–H and O–H groups in total. The molecule has 0 aromatic rings. The molecule has 1 heteroatoms. The molecule has 0 atom stereocenters. The molecule has 0 aromatic carbocycles. The highest BCUT2D eigenvalue weighted by Crippen LogP contribution is 2.19. The molecule has 0 saturated carbocycles. The standard InChI is InChI=1S/C6H7I/c1-5-2-6(3-5)4-7/h2,4H2,1H3. The van der Waals surface area contributed by atoms with E-state index in [1.54, 1.807) is 0 Å². The first-order chi connectivity index (χ1) is 3.33. The van der Waals surface area contributed by atoms with Crippen molar-refractivity contribution in [1.29, 1.82) is 0 Å². The molecule has 1 aliphatic carbocycles. The van der Waals surface area contributed by atoms with E-state index in [2.05, 4.69) is 35.2 Å². The largest absolute Gasteiger partial charge is 0.121 e. The molecule has 1 aliphatic rings. The van der Waals surface area contributed by atoms with Crippen LogP contribution in [0.25, 0.3) is 0 Å². The lowest BCUT2D eigenvalue weighted by molar-refractivity contribution is 1.06. The summed E-state index contributed by atoms with van der Waals surface area (Å²) < 4.78 is 1.16. The van der Waals surface area contributed by atoms with Crippen molar-refractivity contribution in [3.8, 4) is 0 Å². The summed E-state index contributed by atoms with van der Waals surface area (Å²) in [6.45, 7) is 2.12. The lowest BCUT2D eigenvalue weighted by Gasteiger charge is -2.06. The Kier molecular flexibility index (Phi) is 1.55. The lowest BCUT2D eigenvalue weighted by atomic mass is 10.0. The Balaban J connectivity index is 2.64. The van der Waals surface area contributed by atoms with E-state index in [4.69, 9.17) is 0 Å². The van der Waals surface area contributed by atoms with Crippen molar-refractivity contribution in [2.24, 2.45) is 0 Å². The second-order valence-corrected chi connectivity index (χ2v) is 2.58. The summed E-state index contributed by atoms with van der Waals surface area (Å²) >= 11 is 2.36. The van der Waals surface area contributed by atoms with Crippen molar-refractivity contribution in [3.05, 3.63) is 16.9 Å². The predicted octanol–water partition coefficient (Wildman–Crippen LogP) is 2.30. The molecule has 0 spiro atoms. The van der Waals surface area contributed by atoms with Crippen molar-refractivity contribution >= 4 is 22.6 Å². The minimum atomic E-state index is 1.16. The second-order valence-electron chi connectivity index (χ2n) is 1.82. The summed E-state index contributed by atoms with van der Waals surface area (Å²) in [6.07, 6.45) is 1.21. The van der Waals surface area contributed by atoms with Gasteiger partial charge in [-0.2, -0.15) is 0 Å². The Morgan fingerprint density at radius 3 is 2.57 bits per heavy atom. The normalized spacial score (nSPS) is 17.4. The van der Waals surface area contributed by atoms with Gasteiger partial charge in [0.25, 0.3) is 0 Å². The van der Waals surface area contributed by atoms with Crippen LogP contribution in [0.3, 0.4) is 0 Å². The van der Waals surface area contributed by atoms with Crippen LogP contribution in [0.5, 0.6) is 0 Å². The van der Waals surface area contributed by atoms with E-state index in [1.165, 1.54) is 17.6 Å². The van der Waals surface area contributed by atoms with Gasteiger partial charge in [0.2, 0.25) is 0 Å². The van der Waals surface area contributed by atoms with Crippen LogP contribution in [-0.2, 0) is 0 Å². The van der Waals surface area contributed by atoms with Gasteiger partial charge in [-0.3, -0.25) is 0 Å². The third-order valence-corrected chi connectivity index (χ3v) is 1.95. The molecule has 0 aromatic heterocycles. The molecule has 0 amide bonds. The van der Waals surface area contributed by atoms with Crippen LogP contribution in [-0.4, -0.2) is 4.43 Å². The van der Waals surface area contributed by atoms with E-state index in [9.17, 15) is 0 Å². The monoisotopic (exact) mass is 206 g/mol. The van der Waals surface area contributed by atoms with E-state index in [0.29, 0.717) is 0 Å². The molecule has 0 bridgehead atoms. The van der Waals surface area contributed by atoms with E-state index < -0.39 is 0 Å². The average Bonchev–Trinajstić information content (AvgIpc) is 1.58. The quantitative estimate of drug-likeness (QED) is 0.350. The van der Waals surface area contributed by atoms with E-state index in [-0.39, 0.29) is 0 Å². The Morgan fingerprint density at radius 2 is 2.43 bits per heavy atom. The first-order valence-corrected chi connectivity index (χ1v) is 3.85. The maximum atomic E-state index is 3.22. The van der Waals surface area contributed by atoms with Gasteiger partial charge in [-0.1, -0.05) is 22.6 Å². The van der Waals surface area contributed by atoms with Gasteiger partial charge in [0.1, 0.15) is 0 Å². The minimum Gasteiger partial charge on any atom is -0.121 e. The number of rotatable bonds is 1. The molecule has 7 heavy (non-hydrogen) atoms. The first kappa shape index (κ1) is 5.39. The van der Waals surface area contributed by atoms with E-state index in [0.717, 1.165) is 4.43 Å². The zero-order chi connectivity index (χ0) is 5.28. The van der Waals surface area contributed by atoms with Crippen LogP contribution < -0.4 is 0 Å². The molecular formula is C6H7I. The molecule has 1 rings (SSSR count). The van der Waals surface area contributed by atoms with Gasteiger partial charge in [0, 0.05) is 10.8 Å². The molecule has 0 unspecified atom stereocenters. The third-order valence-electron chi connectivity index (χ3n) is 1.03.